The summed E-state index contributed by atoms with van der Waals surface area (Å²) in [6.07, 6.45) is 1.87. The van der Waals surface area contributed by atoms with E-state index in [-0.39, 0.29) is 0 Å². The Morgan fingerprint density at radius 1 is 0.333 bits per heavy atom. The molecule has 0 saturated carbocycles. The molecule has 0 N–H and O–H groups in total. The summed E-state index contributed by atoms with van der Waals surface area (Å²) in [7, 11) is 0. The second-order valence-corrected chi connectivity index (χ2v) is 13.6. The Labute approximate surface area is 310 Å². The van der Waals surface area contributed by atoms with Crippen LogP contribution >= 0.6 is 0 Å². The lowest BCUT2D eigenvalue weighted by molar-refractivity contribution is 1.05. The fourth-order valence-electron chi connectivity index (χ4n) is 7.86. The number of aromatic nitrogens is 6. The van der Waals surface area contributed by atoms with Gasteiger partial charge in [0.1, 0.15) is 5.82 Å². The average Bonchev–Trinajstić information content (AvgIpc) is 3.75. The number of rotatable bonds is 5. The first-order valence-corrected chi connectivity index (χ1v) is 18.1. The first-order chi connectivity index (χ1) is 26.8. The Balaban J connectivity index is 1.09. The van der Waals surface area contributed by atoms with Crippen molar-refractivity contribution in [1.29, 1.82) is 0 Å². The van der Waals surface area contributed by atoms with Gasteiger partial charge in [0.25, 0.3) is 0 Å². The lowest BCUT2D eigenvalue weighted by atomic mass is 10.1. The van der Waals surface area contributed by atoms with Crippen LogP contribution in [-0.2, 0) is 0 Å². The third-order valence-electron chi connectivity index (χ3n) is 10.4. The third-order valence-corrected chi connectivity index (χ3v) is 10.4. The van der Waals surface area contributed by atoms with E-state index in [0.717, 1.165) is 39.2 Å². The fourth-order valence-corrected chi connectivity index (χ4v) is 7.86. The number of pyridine rings is 1. The Bertz CT molecular complexity index is 3140. The second-order valence-electron chi connectivity index (χ2n) is 13.6. The van der Waals surface area contributed by atoms with Gasteiger partial charge < -0.3 is 4.57 Å². The number of benzene rings is 7. The first kappa shape index (κ1) is 30.2. The van der Waals surface area contributed by atoms with E-state index in [1.807, 2.05) is 66.9 Å². The van der Waals surface area contributed by atoms with Crippen molar-refractivity contribution in [3.05, 3.63) is 182 Å². The molecule has 4 aromatic heterocycles. The predicted molar refractivity (Wildman–Crippen MR) is 220 cm³/mol. The van der Waals surface area contributed by atoms with Gasteiger partial charge in [-0.3, -0.25) is 4.57 Å². The van der Waals surface area contributed by atoms with E-state index in [9.17, 15) is 0 Å². The van der Waals surface area contributed by atoms with E-state index in [1.54, 1.807) is 0 Å². The Morgan fingerprint density at radius 2 is 0.852 bits per heavy atom. The van der Waals surface area contributed by atoms with Crippen LogP contribution in [0.5, 0.6) is 0 Å². The molecule has 54 heavy (non-hydrogen) atoms. The molecule has 11 aromatic rings. The summed E-state index contributed by atoms with van der Waals surface area (Å²) in [6, 6.07) is 61.4. The SMILES string of the molecule is c1ccc(-c2nc(-c3ccccc3)nc(-c3ccc(-n4c5ccccc5c5cc6c(cc54)c4ccccc4n6-c4ccc5ccccc5c4)nc3)n2)cc1. The van der Waals surface area contributed by atoms with Gasteiger partial charge in [-0.15, -0.1) is 0 Å². The molecular weight excluding hydrogens is 661 g/mol. The lowest BCUT2D eigenvalue weighted by Crippen LogP contribution is -2.01. The van der Waals surface area contributed by atoms with Crippen molar-refractivity contribution in [2.45, 2.75) is 0 Å². The van der Waals surface area contributed by atoms with Gasteiger partial charge in [0.2, 0.25) is 0 Å². The van der Waals surface area contributed by atoms with Crippen LogP contribution in [0.1, 0.15) is 0 Å². The van der Waals surface area contributed by atoms with Gasteiger partial charge in [-0.2, -0.15) is 0 Å². The molecule has 0 fully saturated rings. The highest BCUT2D eigenvalue weighted by Gasteiger charge is 2.19. The van der Waals surface area contributed by atoms with E-state index in [2.05, 4.69) is 124 Å². The molecule has 11 rings (SSSR count). The molecule has 0 bridgehead atoms. The summed E-state index contributed by atoms with van der Waals surface area (Å²) in [4.78, 5) is 19.8. The molecule has 0 spiro atoms. The third kappa shape index (κ3) is 4.81. The van der Waals surface area contributed by atoms with Crippen molar-refractivity contribution >= 4 is 54.4 Å². The quantitative estimate of drug-likeness (QED) is 0.180. The number of nitrogens with zero attached hydrogens (tertiary/aromatic N) is 6. The molecule has 0 aliphatic rings. The molecule has 7 aromatic carbocycles. The summed E-state index contributed by atoms with van der Waals surface area (Å²) in [5.74, 6) is 2.64. The molecule has 0 radical (unpaired) electrons. The standard InChI is InChI=1S/C48H30N6/c1-3-14-32(15-4-1)46-50-47(33-16-5-2-6-17-33)52-48(51-46)35-24-26-45(49-30-35)54-42-22-12-10-20-38(42)40-28-43-39(29-44(40)54)37-19-9-11-21-41(37)53(43)36-25-23-31-13-7-8-18-34(31)27-36/h1-30H. The zero-order valence-corrected chi connectivity index (χ0v) is 29.0. The van der Waals surface area contributed by atoms with Crippen LogP contribution in [-0.4, -0.2) is 29.1 Å². The van der Waals surface area contributed by atoms with Crippen molar-refractivity contribution in [1.82, 2.24) is 29.1 Å². The van der Waals surface area contributed by atoms with Gasteiger partial charge in [0, 0.05) is 50.1 Å². The normalized spacial score (nSPS) is 11.7. The van der Waals surface area contributed by atoms with Crippen LogP contribution in [0.15, 0.2) is 182 Å². The summed E-state index contributed by atoms with van der Waals surface area (Å²) in [6.45, 7) is 0. The molecule has 6 nitrogen and oxygen atoms in total. The molecule has 6 heteroatoms. The van der Waals surface area contributed by atoms with Crippen LogP contribution in [0.3, 0.4) is 0 Å². The Morgan fingerprint density at radius 3 is 1.46 bits per heavy atom. The lowest BCUT2D eigenvalue weighted by Gasteiger charge is -2.11. The largest absolute Gasteiger partial charge is 0.309 e. The minimum atomic E-state index is 0.576. The van der Waals surface area contributed by atoms with Crippen molar-refractivity contribution < 1.29 is 0 Å². The molecule has 0 saturated heterocycles. The molecule has 252 valence electrons. The van der Waals surface area contributed by atoms with Crippen LogP contribution in [0.25, 0.3) is 100 Å². The van der Waals surface area contributed by atoms with Gasteiger partial charge >= 0.3 is 0 Å². The average molecular weight is 691 g/mol. The predicted octanol–water partition coefficient (Wildman–Crippen LogP) is 11.6. The smallest absolute Gasteiger partial charge is 0.165 e. The number of hydrogen-bond donors (Lipinski definition) is 0. The van der Waals surface area contributed by atoms with E-state index < -0.39 is 0 Å². The number of hydrogen-bond acceptors (Lipinski definition) is 4. The maximum absolute atomic E-state index is 5.08. The van der Waals surface area contributed by atoms with Gasteiger partial charge in [-0.05, 0) is 59.3 Å². The van der Waals surface area contributed by atoms with E-state index >= 15 is 0 Å². The van der Waals surface area contributed by atoms with E-state index in [1.165, 1.54) is 43.4 Å². The second kappa shape index (κ2) is 12.1. The molecule has 4 heterocycles. The van der Waals surface area contributed by atoms with Crippen LogP contribution in [0.4, 0.5) is 0 Å². The fraction of sp³-hybridized carbons (Fsp3) is 0. The van der Waals surface area contributed by atoms with Crippen molar-refractivity contribution in [2.24, 2.45) is 0 Å². The van der Waals surface area contributed by atoms with Crippen LogP contribution < -0.4 is 0 Å². The minimum absolute atomic E-state index is 0.576. The highest BCUT2D eigenvalue weighted by Crippen LogP contribution is 2.40. The zero-order valence-electron chi connectivity index (χ0n) is 29.0. The Hall–Kier alpha value is -7.44. The summed E-state index contributed by atoms with van der Waals surface area (Å²) >= 11 is 0. The Kier molecular flexibility index (Phi) is 6.75. The van der Waals surface area contributed by atoms with Crippen LogP contribution in [0, 0.1) is 0 Å². The minimum Gasteiger partial charge on any atom is -0.309 e. The topological polar surface area (TPSA) is 61.4 Å². The molecule has 0 aliphatic heterocycles. The molecular formula is C48H30N6. The molecule has 0 aliphatic carbocycles. The highest BCUT2D eigenvalue weighted by atomic mass is 15.1. The van der Waals surface area contributed by atoms with E-state index in [0.29, 0.717) is 17.5 Å². The molecule has 0 atom stereocenters. The van der Waals surface area contributed by atoms with Crippen molar-refractivity contribution in [3.63, 3.8) is 0 Å². The van der Waals surface area contributed by atoms with Crippen molar-refractivity contribution in [2.75, 3.05) is 0 Å². The van der Waals surface area contributed by atoms with Gasteiger partial charge in [-0.1, -0.05) is 127 Å². The molecule has 0 amide bonds. The van der Waals surface area contributed by atoms with Crippen LogP contribution in [0.2, 0.25) is 0 Å². The van der Waals surface area contributed by atoms with Gasteiger partial charge in [0.05, 0.1) is 22.1 Å². The summed E-state index contributed by atoms with van der Waals surface area (Å²) < 4.78 is 4.67. The number of para-hydroxylation sites is 2. The van der Waals surface area contributed by atoms with Crippen molar-refractivity contribution in [3.8, 4) is 45.7 Å². The summed E-state index contributed by atoms with van der Waals surface area (Å²) in [5, 5.41) is 7.20. The first-order valence-electron chi connectivity index (χ1n) is 18.1. The highest BCUT2D eigenvalue weighted by molar-refractivity contribution is 6.19. The zero-order chi connectivity index (χ0) is 35.6. The number of fused-ring (bicyclic) bond motifs is 7. The monoisotopic (exact) mass is 690 g/mol. The van der Waals surface area contributed by atoms with Gasteiger partial charge in [-0.25, -0.2) is 19.9 Å². The maximum atomic E-state index is 5.08. The van der Waals surface area contributed by atoms with Gasteiger partial charge in [0.15, 0.2) is 17.5 Å². The van der Waals surface area contributed by atoms with E-state index in [4.69, 9.17) is 19.9 Å². The maximum Gasteiger partial charge on any atom is 0.165 e. The summed E-state index contributed by atoms with van der Waals surface area (Å²) in [5.41, 5.74) is 8.37. The molecule has 0 unspecified atom stereocenters.